The molecule has 1 N–H and O–H groups in total. The van der Waals surface area contributed by atoms with Gasteiger partial charge in [0.05, 0.1) is 0 Å². The molecular weight excluding hydrogens is 232 g/mol. The number of nitrogens with one attached hydrogen (secondary N) is 1. The fourth-order valence-corrected chi connectivity index (χ4v) is 2.59. The van der Waals surface area contributed by atoms with E-state index in [1.165, 1.54) is 28.2 Å². The van der Waals surface area contributed by atoms with Gasteiger partial charge in [-0.1, -0.05) is 19.1 Å². The number of hydrogen-bond donors (Lipinski definition) is 1. The number of anilines is 1. The first-order chi connectivity index (χ1) is 9.15. The van der Waals surface area contributed by atoms with E-state index in [2.05, 4.69) is 67.9 Å². The van der Waals surface area contributed by atoms with Gasteiger partial charge >= 0.3 is 0 Å². The molecule has 0 aliphatic rings. The molecule has 0 amide bonds. The minimum Gasteiger partial charge on any atom is -0.381 e. The minimum atomic E-state index is 0.894. The van der Waals surface area contributed by atoms with Gasteiger partial charge in [0.25, 0.3) is 0 Å². The molecule has 19 heavy (non-hydrogen) atoms. The molecule has 1 heterocycles. The summed E-state index contributed by atoms with van der Waals surface area (Å²) in [4.78, 5) is 0. The van der Waals surface area contributed by atoms with Gasteiger partial charge in [-0.05, 0) is 56.5 Å². The molecule has 2 heteroatoms. The number of hydrogen-bond acceptors (Lipinski definition) is 1. The molecule has 2 nitrogen and oxygen atoms in total. The molecule has 0 aliphatic carbocycles. The van der Waals surface area contributed by atoms with Crippen molar-refractivity contribution in [1.29, 1.82) is 0 Å². The van der Waals surface area contributed by atoms with Crippen LogP contribution in [0.2, 0.25) is 0 Å². The molecule has 0 spiro atoms. The van der Waals surface area contributed by atoms with Crippen LogP contribution in [0.25, 0.3) is 0 Å². The summed E-state index contributed by atoms with van der Waals surface area (Å²) in [5.41, 5.74) is 6.68. The Hall–Kier alpha value is -1.70. The van der Waals surface area contributed by atoms with Gasteiger partial charge < -0.3 is 9.88 Å². The van der Waals surface area contributed by atoms with Crippen LogP contribution in [0.4, 0.5) is 5.69 Å². The summed E-state index contributed by atoms with van der Waals surface area (Å²) in [6, 6.07) is 11.0. The molecule has 102 valence electrons. The molecule has 1 aromatic carbocycles. The first-order valence-electron chi connectivity index (χ1n) is 7.14. The van der Waals surface area contributed by atoms with E-state index in [4.69, 9.17) is 0 Å². The van der Waals surface area contributed by atoms with E-state index in [1.807, 2.05) is 0 Å². The van der Waals surface area contributed by atoms with Crippen LogP contribution in [-0.2, 0) is 19.5 Å². The average molecular weight is 256 g/mol. The first kappa shape index (κ1) is 13.7. The van der Waals surface area contributed by atoms with Crippen LogP contribution in [0.3, 0.4) is 0 Å². The van der Waals surface area contributed by atoms with Crippen molar-refractivity contribution in [3.63, 3.8) is 0 Å². The van der Waals surface area contributed by atoms with Crippen molar-refractivity contribution in [2.24, 2.45) is 0 Å². The first-order valence-corrected chi connectivity index (χ1v) is 7.14. The van der Waals surface area contributed by atoms with Gasteiger partial charge in [-0.15, -0.1) is 0 Å². The van der Waals surface area contributed by atoms with E-state index in [0.717, 1.165) is 19.5 Å². The number of nitrogens with zero attached hydrogens (tertiary/aromatic N) is 1. The highest BCUT2D eigenvalue weighted by molar-refractivity contribution is 5.45. The summed E-state index contributed by atoms with van der Waals surface area (Å²) >= 11 is 0. The summed E-state index contributed by atoms with van der Waals surface area (Å²) in [5, 5.41) is 3.50. The van der Waals surface area contributed by atoms with Crippen molar-refractivity contribution >= 4 is 5.69 Å². The molecule has 0 aliphatic heterocycles. The van der Waals surface area contributed by atoms with Gasteiger partial charge in [-0.25, -0.2) is 0 Å². The highest BCUT2D eigenvalue weighted by Crippen LogP contribution is 2.17. The summed E-state index contributed by atoms with van der Waals surface area (Å²) in [5.74, 6) is 0. The summed E-state index contributed by atoms with van der Waals surface area (Å²) < 4.78 is 2.36. The molecule has 0 radical (unpaired) electrons. The zero-order chi connectivity index (χ0) is 13.8. The van der Waals surface area contributed by atoms with Crippen LogP contribution in [0.15, 0.2) is 30.3 Å². The second-order valence-corrected chi connectivity index (χ2v) is 5.04. The Kier molecular flexibility index (Phi) is 4.31. The van der Waals surface area contributed by atoms with E-state index in [9.17, 15) is 0 Å². The maximum atomic E-state index is 3.50. The third-order valence-electron chi connectivity index (χ3n) is 3.84. The Bertz CT molecular complexity index is 535. The van der Waals surface area contributed by atoms with E-state index in [-0.39, 0.29) is 0 Å². The summed E-state index contributed by atoms with van der Waals surface area (Å²) in [6.45, 7) is 10.7. The monoisotopic (exact) mass is 256 g/mol. The third kappa shape index (κ3) is 3.01. The number of rotatable bonds is 5. The van der Waals surface area contributed by atoms with Crippen LogP contribution in [0.1, 0.15) is 36.4 Å². The molecule has 2 aromatic rings. The molecule has 0 atom stereocenters. The Morgan fingerprint density at radius 2 is 1.74 bits per heavy atom. The average Bonchev–Trinajstić information content (AvgIpc) is 2.71. The minimum absolute atomic E-state index is 0.894. The van der Waals surface area contributed by atoms with Crippen molar-refractivity contribution in [1.82, 2.24) is 4.57 Å². The smallest absolute Gasteiger partial charge is 0.0418 e. The van der Waals surface area contributed by atoms with Crippen LogP contribution in [-0.4, -0.2) is 4.57 Å². The molecule has 1 aromatic heterocycles. The normalized spacial score (nSPS) is 10.7. The van der Waals surface area contributed by atoms with Gasteiger partial charge in [0.1, 0.15) is 0 Å². The molecule has 2 rings (SSSR count). The quantitative estimate of drug-likeness (QED) is 0.844. The third-order valence-corrected chi connectivity index (χ3v) is 3.84. The molecule has 0 fully saturated rings. The SMILES string of the molecule is CCc1ccc(NCc2cc(C)n(CC)c2C)cc1. The standard InChI is InChI=1S/C17H24N2/c1-5-15-7-9-17(10-8-15)18-12-16-11-13(3)19(6-2)14(16)4/h7-11,18H,5-6,12H2,1-4H3. The van der Waals surface area contributed by atoms with Crippen molar-refractivity contribution in [3.05, 3.63) is 52.8 Å². The second-order valence-electron chi connectivity index (χ2n) is 5.04. The lowest BCUT2D eigenvalue weighted by molar-refractivity contribution is 0.715. The highest BCUT2D eigenvalue weighted by atomic mass is 15.0. The second kappa shape index (κ2) is 5.96. The van der Waals surface area contributed by atoms with Crippen molar-refractivity contribution in [2.75, 3.05) is 5.32 Å². The molecule has 0 bridgehead atoms. The van der Waals surface area contributed by atoms with Gasteiger partial charge in [-0.2, -0.15) is 0 Å². The Balaban J connectivity index is 2.05. The Labute approximate surface area is 116 Å². The van der Waals surface area contributed by atoms with Crippen LogP contribution < -0.4 is 5.32 Å². The van der Waals surface area contributed by atoms with Crippen molar-refractivity contribution < 1.29 is 0 Å². The fraction of sp³-hybridized carbons (Fsp3) is 0.412. The molecule has 0 saturated carbocycles. The van der Waals surface area contributed by atoms with Gasteiger partial charge in [0, 0.05) is 30.2 Å². The number of benzene rings is 1. The van der Waals surface area contributed by atoms with Crippen LogP contribution >= 0.6 is 0 Å². The Morgan fingerprint density at radius 1 is 1.05 bits per heavy atom. The number of aromatic nitrogens is 1. The van der Waals surface area contributed by atoms with Gasteiger partial charge in [0.2, 0.25) is 0 Å². The zero-order valence-electron chi connectivity index (χ0n) is 12.5. The van der Waals surface area contributed by atoms with Gasteiger partial charge in [0.15, 0.2) is 0 Å². The van der Waals surface area contributed by atoms with Crippen molar-refractivity contribution in [2.45, 2.75) is 47.2 Å². The topological polar surface area (TPSA) is 17.0 Å². The lowest BCUT2D eigenvalue weighted by Crippen LogP contribution is -2.03. The fourth-order valence-electron chi connectivity index (χ4n) is 2.59. The lowest BCUT2D eigenvalue weighted by atomic mass is 10.1. The predicted molar refractivity (Wildman–Crippen MR) is 82.7 cm³/mol. The summed E-state index contributed by atoms with van der Waals surface area (Å²) in [7, 11) is 0. The Morgan fingerprint density at radius 3 is 2.26 bits per heavy atom. The maximum Gasteiger partial charge on any atom is 0.0418 e. The highest BCUT2D eigenvalue weighted by Gasteiger charge is 2.07. The van der Waals surface area contributed by atoms with E-state index >= 15 is 0 Å². The predicted octanol–water partition coefficient (Wildman–Crippen LogP) is 4.30. The zero-order valence-corrected chi connectivity index (χ0v) is 12.5. The van der Waals surface area contributed by atoms with E-state index < -0.39 is 0 Å². The van der Waals surface area contributed by atoms with Crippen LogP contribution in [0, 0.1) is 13.8 Å². The van der Waals surface area contributed by atoms with Gasteiger partial charge in [-0.3, -0.25) is 0 Å². The van der Waals surface area contributed by atoms with E-state index in [0.29, 0.717) is 0 Å². The summed E-state index contributed by atoms with van der Waals surface area (Å²) in [6.07, 6.45) is 1.10. The molecule has 0 unspecified atom stereocenters. The number of aryl methyl sites for hydroxylation is 2. The van der Waals surface area contributed by atoms with E-state index in [1.54, 1.807) is 0 Å². The molecular formula is C17H24N2. The lowest BCUT2D eigenvalue weighted by Gasteiger charge is -2.08. The maximum absolute atomic E-state index is 3.50. The van der Waals surface area contributed by atoms with Crippen molar-refractivity contribution in [3.8, 4) is 0 Å². The molecule has 0 saturated heterocycles. The largest absolute Gasteiger partial charge is 0.381 e. The van der Waals surface area contributed by atoms with Crippen LogP contribution in [0.5, 0.6) is 0 Å².